The molecule has 0 saturated carbocycles. The molecule has 0 fully saturated rings. The van der Waals surface area contributed by atoms with Crippen LogP contribution in [0.15, 0.2) is 24.3 Å². The quantitative estimate of drug-likeness (QED) is 0.742. The number of carbonyl (C=O) groups excluding carboxylic acids is 1. The Morgan fingerprint density at radius 3 is 2.61 bits per heavy atom. The summed E-state index contributed by atoms with van der Waals surface area (Å²) in [7, 11) is 0. The molecule has 0 aliphatic heterocycles. The van der Waals surface area contributed by atoms with Gasteiger partial charge < -0.3 is 15.8 Å². The summed E-state index contributed by atoms with van der Waals surface area (Å²) < 4.78 is 17.9. The Labute approximate surface area is 112 Å². The number of halogens is 2. The standard InChI is InChI=1S/C12H17FN2O2.ClH/c13-10-2-4-11(5-3-10)17-9-1-8-15-12(16)6-7-14;/h2-5H,1,6-9,14H2,(H,15,16);1H. The zero-order valence-corrected chi connectivity index (χ0v) is 10.8. The fourth-order valence-corrected chi connectivity index (χ4v) is 1.24. The van der Waals surface area contributed by atoms with E-state index in [4.69, 9.17) is 10.5 Å². The van der Waals surface area contributed by atoms with Gasteiger partial charge in [-0.1, -0.05) is 0 Å². The fourth-order valence-electron chi connectivity index (χ4n) is 1.24. The third-order valence-electron chi connectivity index (χ3n) is 2.10. The van der Waals surface area contributed by atoms with Crippen molar-refractivity contribution in [2.24, 2.45) is 5.73 Å². The zero-order chi connectivity index (χ0) is 12.5. The minimum absolute atomic E-state index is 0. The highest BCUT2D eigenvalue weighted by Gasteiger charge is 1.98. The Balaban J connectivity index is 0.00000289. The smallest absolute Gasteiger partial charge is 0.221 e. The molecule has 102 valence electrons. The van der Waals surface area contributed by atoms with Crippen molar-refractivity contribution in [1.29, 1.82) is 0 Å². The molecule has 18 heavy (non-hydrogen) atoms. The van der Waals surface area contributed by atoms with Crippen molar-refractivity contribution >= 4 is 18.3 Å². The first-order chi connectivity index (χ1) is 8.22. The summed E-state index contributed by atoms with van der Waals surface area (Å²) >= 11 is 0. The normalized spacial score (nSPS) is 9.44. The second-order valence-corrected chi connectivity index (χ2v) is 3.54. The molecule has 1 rings (SSSR count). The predicted molar refractivity (Wildman–Crippen MR) is 70.4 cm³/mol. The highest BCUT2D eigenvalue weighted by molar-refractivity contribution is 5.85. The lowest BCUT2D eigenvalue weighted by molar-refractivity contribution is -0.120. The molecule has 0 atom stereocenters. The molecule has 0 aliphatic carbocycles. The van der Waals surface area contributed by atoms with E-state index in [1.54, 1.807) is 12.1 Å². The number of amides is 1. The second kappa shape index (κ2) is 9.67. The van der Waals surface area contributed by atoms with Crippen molar-refractivity contribution in [3.05, 3.63) is 30.1 Å². The first kappa shape index (κ1) is 16.7. The van der Waals surface area contributed by atoms with E-state index in [2.05, 4.69) is 5.32 Å². The molecule has 4 nitrogen and oxygen atoms in total. The zero-order valence-electron chi connectivity index (χ0n) is 10.0. The van der Waals surface area contributed by atoms with Crippen LogP contribution < -0.4 is 15.8 Å². The van der Waals surface area contributed by atoms with Gasteiger partial charge in [0.25, 0.3) is 0 Å². The van der Waals surface area contributed by atoms with Gasteiger partial charge in [0.1, 0.15) is 11.6 Å². The Bertz CT molecular complexity index is 346. The molecule has 0 heterocycles. The highest BCUT2D eigenvalue weighted by atomic mass is 35.5. The van der Waals surface area contributed by atoms with Crippen LogP contribution >= 0.6 is 12.4 Å². The van der Waals surface area contributed by atoms with Gasteiger partial charge >= 0.3 is 0 Å². The summed E-state index contributed by atoms with van der Waals surface area (Å²) in [5.74, 6) is 0.292. The molecule has 0 bridgehead atoms. The third kappa shape index (κ3) is 7.09. The Morgan fingerprint density at radius 1 is 1.33 bits per heavy atom. The van der Waals surface area contributed by atoms with Gasteiger partial charge in [-0.2, -0.15) is 0 Å². The molecule has 0 unspecified atom stereocenters. The van der Waals surface area contributed by atoms with Gasteiger partial charge in [0, 0.05) is 19.5 Å². The monoisotopic (exact) mass is 276 g/mol. The van der Waals surface area contributed by atoms with Gasteiger partial charge in [0.2, 0.25) is 5.91 Å². The maximum Gasteiger partial charge on any atom is 0.221 e. The Kier molecular flexibility index (Phi) is 8.96. The van der Waals surface area contributed by atoms with Crippen molar-refractivity contribution in [2.45, 2.75) is 12.8 Å². The lowest BCUT2D eigenvalue weighted by Crippen LogP contribution is -2.27. The summed E-state index contributed by atoms with van der Waals surface area (Å²) in [4.78, 5) is 11.0. The number of nitrogens with one attached hydrogen (secondary N) is 1. The van der Waals surface area contributed by atoms with E-state index < -0.39 is 0 Å². The molecule has 0 radical (unpaired) electrons. The SMILES string of the molecule is Cl.NCCC(=O)NCCCOc1ccc(F)cc1. The molecule has 0 saturated heterocycles. The lowest BCUT2D eigenvalue weighted by atomic mass is 10.3. The van der Waals surface area contributed by atoms with Crippen molar-refractivity contribution in [1.82, 2.24) is 5.32 Å². The van der Waals surface area contributed by atoms with Crippen molar-refractivity contribution < 1.29 is 13.9 Å². The average Bonchev–Trinajstić information content (AvgIpc) is 2.31. The topological polar surface area (TPSA) is 64.4 Å². The molecular formula is C12H18ClFN2O2. The molecule has 1 aromatic rings. The summed E-state index contributed by atoms with van der Waals surface area (Å²) in [5, 5.41) is 2.72. The van der Waals surface area contributed by atoms with Crippen LogP contribution in [0.3, 0.4) is 0 Å². The molecule has 1 aromatic carbocycles. The van der Waals surface area contributed by atoms with Crippen molar-refractivity contribution in [3.63, 3.8) is 0 Å². The van der Waals surface area contributed by atoms with Gasteiger partial charge in [-0.3, -0.25) is 4.79 Å². The molecule has 1 amide bonds. The molecule has 0 aliphatic rings. The van der Waals surface area contributed by atoms with Crippen molar-refractivity contribution in [2.75, 3.05) is 19.7 Å². The fraction of sp³-hybridized carbons (Fsp3) is 0.417. The van der Waals surface area contributed by atoms with Crippen LogP contribution in [-0.2, 0) is 4.79 Å². The van der Waals surface area contributed by atoms with Crippen LogP contribution in [0.5, 0.6) is 5.75 Å². The first-order valence-electron chi connectivity index (χ1n) is 5.57. The maximum absolute atomic E-state index is 12.6. The second-order valence-electron chi connectivity index (χ2n) is 3.54. The number of ether oxygens (including phenoxy) is 1. The summed E-state index contributed by atoms with van der Waals surface area (Å²) in [6, 6.07) is 5.83. The summed E-state index contributed by atoms with van der Waals surface area (Å²) in [6.45, 7) is 1.40. The van der Waals surface area contributed by atoms with E-state index in [0.717, 1.165) is 0 Å². The average molecular weight is 277 g/mol. The van der Waals surface area contributed by atoms with Crippen molar-refractivity contribution in [3.8, 4) is 5.75 Å². The molecular weight excluding hydrogens is 259 g/mol. The minimum atomic E-state index is -0.286. The molecule has 0 aromatic heterocycles. The third-order valence-corrected chi connectivity index (χ3v) is 2.10. The van der Waals surface area contributed by atoms with Gasteiger partial charge in [-0.25, -0.2) is 4.39 Å². The van der Waals surface area contributed by atoms with E-state index in [-0.39, 0.29) is 24.1 Å². The number of carbonyl (C=O) groups is 1. The number of rotatable bonds is 7. The van der Waals surface area contributed by atoms with Crippen LogP contribution in [0.25, 0.3) is 0 Å². The lowest BCUT2D eigenvalue weighted by Gasteiger charge is -2.07. The van der Waals surface area contributed by atoms with Gasteiger partial charge in [-0.15, -0.1) is 12.4 Å². The van der Waals surface area contributed by atoms with E-state index in [9.17, 15) is 9.18 Å². The van der Waals surface area contributed by atoms with Gasteiger partial charge in [0.15, 0.2) is 0 Å². The van der Waals surface area contributed by atoms with Gasteiger partial charge in [-0.05, 0) is 30.7 Å². The molecule has 6 heteroatoms. The van der Waals surface area contributed by atoms with Crippen LogP contribution in [-0.4, -0.2) is 25.6 Å². The summed E-state index contributed by atoms with van der Waals surface area (Å²) in [5.41, 5.74) is 5.23. The van der Waals surface area contributed by atoms with Crippen LogP contribution in [0.2, 0.25) is 0 Å². The van der Waals surface area contributed by atoms with Crippen LogP contribution in [0, 0.1) is 5.82 Å². The Morgan fingerprint density at radius 2 is 2.00 bits per heavy atom. The van der Waals surface area contributed by atoms with E-state index in [1.165, 1.54) is 12.1 Å². The number of hydrogen-bond acceptors (Lipinski definition) is 3. The van der Waals surface area contributed by atoms with E-state index in [1.807, 2.05) is 0 Å². The number of nitrogens with two attached hydrogens (primary N) is 1. The Hall–Kier alpha value is -1.33. The summed E-state index contributed by atoms with van der Waals surface area (Å²) in [6.07, 6.45) is 1.05. The highest BCUT2D eigenvalue weighted by Crippen LogP contribution is 2.10. The van der Waals surface area contributed by atoms with E-state index >= 15 is 0 Å². The van der Waals surface area contributed by atoms with Crippen LogP contribution in [0.1, 0.15) is 12.8 Å². The molecule has 0 spiro atoms. The van der Waals surface area contributed by atoms with E-state index in [0.29, 0.717) is 38.3 Å². The predicted octanol–water partition coefficient (Wildman–Crippen LogP) is 1.48. The maximum atomic E-state index is 12.6. The largest absolute Gasteiger partial charge is 0.494 e. The first-order valence-corrected chi connectivity index (χ1v) is 5.57. The van der Waals surface area contributed by atoms with Gasteiger partial charge in [0.05, 0.1) is 6.61 Å². The number of hydrogen-bond donors (Lipinski definition) is 2. The minimum Gasteiger partial charge on any atom is -0.494 e. The van der Waals surface area contributed by atoms with Crippen LogP contribution in [0.4, 0.5) is 4.39 Å². The number of benzene rings is 1. The molecule has 3 N–H and O–H groups in total.